The van der Waals surface area contributed by atoms with Crippen LogP contribution >= 0.6 is 0 Å². The molecule has 4 unspecified atom stereocenters. The van der Waals surface area contributed by atoms with Crippen molar-refractivity contribution in [1.29, 1.82) is 0 Å². The van der Waals surface area contributed by atoms with Gasteiger partial charge in [-0.05, 0) is 18.1 Å². The maximum atomic E-state index is 13.1. The lowest BCUT2D eigenvalue weighted by atomic mass is 10.0. The highest BCUT2D eigenvalue weighted by molar-refractivity contribution is 5.95. The molecule has 2 aromatic rings. The van der Waals surface area contributed by atoms with Crippen molar-refractivity contribution in [3.05, 3.63) is 36.0 Å². The van der Waals surface area contributed by atoms with Gasteiger partial charge in [0.05, 0.1) is 19.1 Å². The fourth-order valence-electron chi connectivity index (χ4n) is 3.55. The number of carboxylic acids is 2. The molecule has 0 aliphatic carbocycles. The normalized spacial score (nSPS) is 14.1. The number of carboxylic acid groups (broad SMARTS) is 2. The predicted octanol–water partition coefficient (Wildman–Crippen LogP) is -2.69. The first-order valence-corrected chi connectivity index (χ1v) is 11.5. The largest absolute Gasteiger partial charge is 0.481 e. The Labute approximate surface area is 215 Å². The molecule has 0 saturated heterocycles. The fraction of sp³-hybridized carbons (Fsp3) is 0.391. The SMILES string of the molecule is NC(=O)CCC(N)C(=O)NC(Cc1c[nH]c2ccccc12)C(=O)NC(CO)C(=O)NC(CC(=O)O)C(=O)O. The maximum absolute atomic E-state index is 13.1. The number of aromatic amines is 1. The molecule has 1 aromatic heterocycles. The molecule has 2 rings (SSSR count). The molecule has 11 N–H and O–H groups in total. The number of nitrogens with two attached hydrogens (primary N) is 2. The van der Waals surface area contributed by atoms with Gasteiger partial charge in [0.15, 0.2) is 0 Å². The van der Waals surface area contributed by atoms with Crippen molar-refractivity contribution in [3.63, 3.8) is 0 Å². The standard InChI is InChI=1S/C23H30N6O9/c24-13(5-6-18(25)31)20(34)27-15(7-11-9-26-14-4-2-1-3-12(11)14)21(35)29-17(10-30)22(36)28-16(23(37)38)8-19(32)33/h1-4,9,13,15-17,26,30H,5-8,10,24H2,(H2,25,31)(H,27,34)(H,28,36)(H,29,35)(H,32,33)(H,37,38). The number of fused-ring (bicyclic) bond motifs is 1. The number of amides is 4. The first-order chi connectivity index (χ1) is 17.9. The Balaban J connectivity index is 2.23. The number of carbonyl (C=O) groups excluding carboxylic acids is 4. The van der Waals surface area contributed by atoms with Crippen LogP contribution in [0, 0.1) is 0 Å². The molecule has 1 aromatic carbocycles. The lowest BCUT2D eigenvalue weighted by Crippen LogP contribution is -2.58. The van der Waals surface area contributed by atoms with Crippen molar-refractivity contribution in [1.82, 2.24) is 20.9 Å². The number of nitrogens with one attached hydrogen (secondary N) is 4. The van der Waals surface area contributed by atoms with Crippen LogP contribution in [0.2, 0.25) is 0 Å². The van der Waals surface area contributed by atoms with Gasteiger partial charge < -0.3 is 47.7 Å². The second kappa shape index (κ2) is 13.7. The zero-order valence-corrected chi connectivity index (χ0v) is 20.2. The number of primary amides is 1. The molecule has 15 heteroatoms. The Morgan fingerprint density at radius 3 is 2.11 bits per heavy atom. The number of H-pyrrole nitrogens is 1. The number of aliphatic hydroxyl groups excluding tert-OH is 1. The lowest BCUT2D eigenvalue weighted by Gasteiger charge is -2.24. The van der Waals surface area contributed by atoms with Crippen LogP contribution in [0.15, 0.2) is 30.5 Å². The number of aliphatic hydroxyl groups is 1. The van der Waals surface area contributed by atoms with Gasteiger partial charge in [-0.25, -0.2) is 4.79 Å². The Kier molecular flexibility index (Phi) is 10.7. The Hall–Kier alpha value is -4.50. The molecule has 0 aliphatic heterocycles. The molecular weight excluding hydrogens is 504 g/mol. The molecule has 206 valence electrons. The number of hydrogen-bond acceptors (Lipinski definition) is 8. The van der Waals surface area contributed by atoms with Gasteiger partial charge in [-0.3, -0.25) is 24.0 Å². The first kappa shape index (κ1) is 29.7. The van der Waals surface area contributed by atoms with Crippen LogP contribution < -0.4 is 27.4 Å². The second-order valence-corrected chi connectivity index (χ2v) is 8.48. The number of benzene rings is 1. The molecule has 0 spiro atoms. The maximum Gasteiger partial charge on any atom is 0.326 e. The smallest absolute Gasteiger partial charge is 0.326 e. The number of rotatable bonds is 15. The van der Waals surface area contributed by atoms with Crippen LogP contribution in [0.4, 0.5) is 0 Å². The molecule has 1 heterocycles. The van der Waals surface area contributed by atoms with Gasteiger partial charge in [0.1, 0.15) is 18.1 Å². The van der Waals surface area contributed by atoms with E-state index in [0.29, 0.717) is 5.56 Å². The van der Waals surface area contributed by atoms with Crippen molar-refractivity contribution in [3.8, 4) is 0 Å². The van der Waals surface area contributed by atoms with E-state index in [9.17, 15) is 33.9 Å². The third-order valence-electron chi connectivity index (χ3n) is 5.58. The Morgan fingerprint density at radius 1 is 0.895 bits per heavy atom. The fourth-order valence-corrected chi connectivity index (χ4v) is 3.55. The zero-order chi connectivity index (χ0) is 28.4. The van der Waals surface area contributed by atoms with Crippen LogP contribution in [-0.2, 0) is 35.2 Å². The summed E-state index contributed by atoms with van der Waals surface area (Å²) in [6.07, 6.45) is 0.381. The summed E-state index contributed by atoms with van der Waals surface area (Å²) in [5.41, 5.74) is 12.3. The molecule has 38 heavy (non-hydrogen) atoms. The van der Waals surface area contributed by atoms with Crippen LogP contribution in [-0.4, -0.2) is 86.6 Å². The molecule has 0 fully saturated rings. The van der Waals surface area contributed by atoms with Gasteiger partial charge >= 0.3 is 11.9 Å². The minimum absolute atomic E-state index is 0.0688. The number of hydrogen-bond donors (Lipinski definition) is 9. The minimum atomic E-state index is -1.81. The quantitative estimate of drug-likeness (QED) is 0.114. The summed E-state index contributed by atoms with van der Waals surface area (Å²) in [5.74, 6) is -6.62. The van der Waals surface area contributed by atoms with Crippen LogP contribution in [0.3, 0.4) is 0 Å². The third-order valence-corrected chi connectivity index (χ3v) is 5.58. The van der Waals surface area contributed by atoms with Crippen molar-refractivity contribution < 1.29 is 44.1 Å². The van der Waals surface area contributed by atoms with E-state index >= 15 is 0 Å². The van der Waals surface area contributed by atoms with Crippen LogP contribution in [0.1, 0.15) is 24.8 Å². The van der Waals surface area contributed by atoms with E-state index in [2.05, 4.69) is 15.6 Å². The van der Waals surface area contributed by atoms with E-state index in [-0.39, 0.29) is 19.3 Å². The van der Waals surface area contributed by atoms with Gasteiger partial charge in [0.2, 0.25) is 23.6 Å². The highest BCUT2D eigenvalue weighted by Gasteiger charge is 2.31. The average Bonchev–Trinajstić information content (AvgIpc) is 3.27. The summed E-state index contributed by atoms with van der Waals surface area (Å²) in [4.78, 5) is 74.5. The highest BCUT2D eigenvalue weighted by Crippen LogP contribution is 2.19. The van der Waals surface area contributed by atoms with Crippen molar-refractivity contribution >= 4 is 46.5 Å². The van der Waals surface area contributed by atoms with Gasteiger partial charge in [0, 0.05) is 29.9 Å². The minimum Gasteiger partial charge on any atom is -0.481 e. The van der Waals surface area contributed by atoms with E-state index in [1.807, 2.05) is 5.32 Å². The number of carbonyl (C=O) groups is 6. The zero-order valence-electron chi connectivity index (χ0n) is 20.2. The molecule has 4 atom stereocenters. The molecular formula is C23H30N6O9. The third kappa shape index (κ3) is 8.56. The Bertz CT molecular complexity index is 1200. The summed E-state index contributed by atoms with van der Waals surface area (Å²) >= 11 is 0. The molecule has 0 radical (unpaired) electrons. The number of aliphatic carboxylic acids is 2. The van der Waals surface area contributed by atoms with Crippen molar-refractivity contribution in [2.24, 2.45) is 11.5 Å². The predicted molar refractivity (Wildman–Crippen MR) is 131 cm³/mol. The van der Waals surface area contributed by atoms with E-state index in [0.717, 1.165) is 10.9 Å². The van der Waals surface area contributed by atoms with Crippen molar-refractivity contribution in [2.75, 3.05) is 6.61 Å². The highest BCUT2D eigenvalue weighted by atomic mass is 16.4. The summed E-state index contributed by atoms with van der Waals surface area (Å²) in [7, 11) is 0. The topological polar surface area (TPSA) is 267 Å². The Morgan fingerprint density at radius 2 is 1.50 bits per heavy atom. The van der Waals surface area contributed by atoms with E-state index < -0.39 is 72.8 Å². The molecule has 0 aliphatic rings. The molecule has 0 bridgehead atoms. The van der Waals surface area contributed by atoms with Gasteiger partial charge in [0.25, 0.3) is 0 Å². The molecule has 15 nitrogen and oxygen atoms in total. The molecule has 0 saturated carbocycles. The average molecular weight is 535 g/mol. The lowest BCUT2D eigenvalue weighted by molar-refractivity contribution is -0.147. The van der Waals surface area contributed by atoms with Gasteiger partial charge in [-0.1, -0.05) is 18.2 Å². The van der Waals surface area contributed by atoms with Crippen LogP contribution in [0.5, 0.6) is 0 Å². The summed E-state index contributed by atoms with van der Waals surface area (Å²) in [5, 5.41) is 35.0. The summed E-state index contributed by atoms with van der Waals surface area (Å²) < 4.78 is 0. The van der Waals surface area contributed by atoms with Crippen LogP contribution in [0.25, 0.3) is 10.9 Å². The van der Waals surface area contributed by atoms with E-state index in [1.54, 1.807) is 30.5 Å². The van der Waals surface area contributed by atoms with Gasteiger partial charge in [-0.15, -0.1) is 0 Å². The van der Waals surface area contributed by atoms with Gasteiger partial charge in [-0.2, -0.15) is 0 Å². The monoisotopic (exact) mass is 534 g/mol. The summed E-state index contributed by atoms with van der Waals surface area (Å²) in [6, 6.07) is 1.20. The summed E-state index contributed by atoms with van der Waals surface area (Å²) in [6.45, 7) is -0.955. The van der Waals surface area contributed by atoms with E-state index in [1.165, 1.54) is 0 Å². The molecule has 4 amide bonds. The number of para-hydroxylation sites is 1. The van der Waals surface area contributed by atoms with E-state index in [4.69, 9.17) is 21.7 Å². The van der Waals surface area contributed by atoms with Crippen molar-refractivity contribution in [2.45, 2.75) is 49.9 Å². The number of aromatic nitrogens is 1. The second-order valence-electron chi connectivity index (χ2n) is 8.48. The first-order valence-electron chi connectivity index (χ1n) is 11.5.